The van der Waals surface area contributed by atoms with Crippen molar-refractivity contribution in [3.8, 4) is 0 Å². The van der Waals surface area contributed by atoms with Gasteiger partial charge in [-0.1, -0.05) is 0 Å². The van der Waals surface area contributed by atoms with Crippen LogP contribution in [-0.4, -0.2) is 29.1 Å². The van der Waals surface area contributed by atoms with Crippen molar-refractivity contribution in [2.45, 2.75) is 19.5 Å². The van der Waals surface area contributed by atoms with E-state index in [-0.39, 0.29) is 6.54 Å². The Morgan fingerprint density at radius 1 is 1.57 bits per heavy atom. The topological polar surface area (TPSA) is 55.9 Å². The zero-order chi connectivity index (χ0) is 10.4. The summed E-state index contributed by atoms with van der Waals surface area (Å²) in [6.45, 7) is 1.30. The number of alkyl halides is 2. The highest BCUT2D eigenvalue weighted by Crippen LogP contribution is 1.96. The summed E-state index contributed by atoms with van der Waals surface area (Å²) < 4.78 is 25.4. The van der Waals surface area contributed by atoms with Crippen LogP contribution in [0, 0.1) is 0 Å². The van der Waals surface area contributed by atoms with E-state index < -0.39 is 6.43 Å². The molecular formula is C8H14F2N4. The first-order chi connectivity index (χ1) is 6.72. The molecule has 0 aliphatic heterocycles. The van der Waals surface area contributed by atoms with Gasteiger partial charge in [0.1, 0.15) is 0 Å². The lowest BCUT2D eigenvalue weighted by Gasteiger charge is -2.00. The monoisotopic (exact) mass is 204 g/mol. The van der Waals surface area contributed by atoms with Crippen LogP contribution < -0.4 is 11.1 Å². The predicted octanol–water partition coefficient (Wildman–Crippen LogP) is 0.196. The maximum Gasteiger partial charge on any atom is 0.250 e. The van der Waals surface area contributed by atoms with Gasteiger partial charge < -0.3 is 15.6 Å². The lowest BCUT2D eigenvalue weighted by Crippen LogP contribution is -2.20. The van der Waals surface area contributed by atoms with Gasteiger partial charge in [0.2, 0.25) is 0 Å². The molecule has 0 aromatic carbocycles. The third-order valence-electron chi connectivity index (χ3n) is 1.68. The number of hydrogen-bond acceptors (Lipinski definition) is 3. The molecule has 0 aliphatic rings. The van der Waals surface area contributed by atoms with E-state index in [0.717, 1.165) is 5.69 Å². The summed E-state index contributed by atoms with van der Waals surface area (Å²) in [5.74, 6) is 0. The van der Waals surface area contributed by atoms with Gasteiger partial charge in [0, 0.05) is 25.8 Å². The molecule has 1 aromatic rings. The molecule has 14 heavy (non-hydrogen) atoms. The fraction of sp³-hybridized carbons (Fsp3) is 0.625. The molecule has 0 fully saturated rings. The summed E-state index contributed by atoms with van der Waals surface area (Å²) in [4.78, 5) is 4.03. The molecular weight excluding hydrogens is 190 g/mol. The van der Waals surface area contributed by atoms with Crippen LogP contribution in [0.5, 0.6) is 0 Å². The number of halogens is 2. The van der Waals surface area contributed by atoms with E-state index in [2.05, 4.69) is 10.3 Å². The Labute approximate surface area is 81.1 Å². The minimum Gasteiger partial charge on any atom is -0.336 e. The van der Waals surface area contributed by atoms with Crippen LogP contribution in [0.1, 0.15) is 5.69 Å². The second kappa shape index (κ2) is 5.66. The number of nitrogens with zero attached hydrogens (tertiary/aromatic N) is 2. The molecule has 0 atom stereocenters. The van der Waals surface area contributed by atoms with Crippen molar-refractivity contribution in [1.29, 1.82) is 0 Å². The maximum absolute atomic E-state index is 11.8. The van der Waals surface area contributed by atoms with Crippen molar-refractivity contribution in [2.24, 2.45) is 5.73 Å². The molecule has 0 amide bonds. The minimum absolute atomic E-state index is 0.302. The lowest BCUT2D eigenvalue weighted by atomic mass is 10.4. The quantitative estimate of drug-likeness (QED) is 0.695. The van der Waals surface area contributed by atoms with Gasteiger partial charge in [-0.15, -0.1) is 0 Å². The van der Waals surface area contributed by atoms with Gasteiger partial charge in [-0.05, 0) is 0 Å². The van der Waals surface area contributed by atoms with Crippen molar-refractivity contribution in [3.63, 3.8) is 0 Å². The van der Waals surface area contributed by atoms with Gasteiger partial charge in [0.05, 0.1) is 18.6 Å². The summed E-state index contributed by atoms with van der Waals surface area (Å²) >= 11 is 0. The molecule has 0 unspecified atom stereocenters. The number of rotatable bonds is 6. The predicted molar refractivity (Wildman–Crippen MR) is 49.0 cm³/mol. The highest BCUT2D eigenvalue weighted by Gasteiger charge is 2.02. The van der Waals surface area contributed by atoms with Gasteiger partial charge in [0.25, 0.3) is 6.43 Å². The van der Waals surface area contributed by atoms with Gasteiger partial charge in [-0.3, -0.25) is 0 Å². The van der Waals surface area contributed by atoms with E-state index in [0.29, 0.717) is 19.6 Å². The zero-order valence-corrected chi connectivity index (χ0v) is 7.79. The van der Waals surface area contributed by atoms with Gasteiger partial charge in [0.15, 0.2) is 0 Å². The average Bonchev–Trinajstić information content (AvgIpc) is 2.53. The normalized spacial score (nSPS) is 11.1. The summed E-state index contributed by atoms with van der Waals surface area (Å²) in [6, 6.07) is 0. The first kappa shape index (κ1) is 11.1. The minimum atomic E-state index is -2.32. The molecule has 0 aliphatic carbocycles. The largest absolute Gasteiger partial charge is 0.336 e. The lowest BCUT2D eigenvalue weighted by molar-refractivity contribution is 0.145. The Hall–Kier alpha value is -1.01. The Bertz CT molecular complexity index is 262. The third-order valence-corrected chi connectivity index (χ3v) is 1.68. The second-order valence-electron chi connectivity index (χ2n) is 2.91. The van der Waals surface area contributed by atoms with Crippen LogP contribution in [0.2, 0.25) is 0 Å². The summed E-state index contributed by atoms with van der Waals surface area (Å²) in [7, 11) is 0. The molecule has 1 rings (SSSR count). The second-order valence-corrected chi connectivity index (χ2v) is 2.91. The van der Waals surface area contributed by atoms with Crippen molar-refractivity contribution >= 4 is 0 Å². The maximum atomic E-state index is 11.8. The molecule has 4 nitrogen and oxygen atoms in total. The summed E-state index contributed by atoms with van der Waals surface area (Å²) in [5.41, 5.74) is 6.10. The zero-order valence-electron chi connectivity index (χ0n) is 7.79. The SMILES string of the molecule is NCCn1cnc(CNCC(F)F)c1. The molecule has 80 valence electrons. The van der Waals surface area contributed by atoms with Crippen LogP contribution in [0.25, 0.3) is 0 Å². The highest BCUT2D eigenvalue weighted by molar-refractivity contribution is 4.96. The van der Waals surface area contributed by atoms with E-state index in [1.807, 2.05) is 4.57 Å². The van der Waals surface area contributed by atoms with Crippen LogP contribution in [0.3, 0.4) is 0 Å². The van der Waals surface area contributed by atoms with Gasteiger partial charge >= 0.3 is 0 Å². The number of imidazole rings is 1. The highest BCUT2D eigenvalue weighted by atomic mass is 19.3. The van der Waals surface area contributed by atoms with Crippen molar-refractivity contribution in [1.82, 2.24) is 14.9 Å². The Kier molecular flexibility index (Phi) is 4.48. The first-order valence-electron chi connectivity index (χ1n) is 4.42. The molecule has 0 saturated carbocycles. The van der Waals surface area contributed by atoms with E-state index >= 15 is 0 Å². The summed E-state index contributed by atoms with van der Waals surface area (Å²) in [6.07, 6.45) is 1.12. The first-order valence-corrected chi connectivity index (χ1v) is 4.42. The van der Waals surface area contributed by atoms with Gasteiger partial charge in [-0.2, -0.15) is 0 Å². The molecule has 0 saturated heterocycles. The average molecular weight is 204 g/mol. The number of nitrogens with one attached hydrogen (secondary N) is 1. The van der Waals surface area contributed by atoms with E-state index in [1.165, 1.54) is 0 Å². The molecule has 0 spiro atoms. The van der Waals surface area contributed by atoms with Crippen LogP contribution >= 0.6 is 0 Å². The third kappa shape index (κ3) is 3.80. The van der Waals surface area contributed by atoms with Crippen LogP contribution in [0.4, 0.5) is 8.78 Å². The Morgan fingerprint density at radius 2 is 2.36 bits per heavy atom. The Morgan fingerprint density at radius 3 is 3.00 bits per heavy atom. The molecule has 0 bridgehead atoms. The molecule has 1 aromatic heterocycles. The van der Waals surface area contributed by atoms with Gasteiger partial charge in [-0.25, -0.2) is 13.8 Å². The van der Waals surface area contributed by atoms with Crippen molar-refractivity contribution in [2.75, 3.05) is 13.1 Å². The number of nitrogens with two attached hydrogens (primary N) is 1. The van der Waals surface area contributed by atoms with E-state index in [4.69, 9.17) is 5.73 Å². The van der Waals surface area contributed by atoms with Crippen molar-refractivity contribution in [3.05, 3.63) is 18.2 Å². The number of hydrogen-bond donors (Lipinski definition) is 2. The molecule has 1 heterocycles. The molecule has 6 heteroatoms. The summed E-state index contributed by atoms with van der Waals surface area (Å²) in [5, 5.41) is 2.60. The fourth-order valence-corrected chi connectivity index (χ4v) is 1.08. The van der Waals surface area contributed by atoms with Crippen LogP contribution in [0.15, 0.2) is 12.5 Å². The fourth-order valence-electron chi connectivity index (χ4n) is 1.08. The van der Waals surface area contributed by atoms with E-state index in [9.17, 15) is 8.78 Å². The number of aromatic nitrogens is 2. The molecule has 3 N–H and O–H groups in total. The molecule has 0 radical (unpaired) electrons. The van der Waals surface area contributed by atoms with Crippen LogP contribution in [-0.2, 0) is 13.1 Å². The van der Waals surface area contributed by atoms with Crippen molar-refractivity contribution < 1.29 is 8.78 Å². The Balaban J connectivity index is 2.28. The smallest absolute Gasteiger partial charge is 0.250 e. The standard InChI is InChI=1S/C8H14F2N4/c9-8(10)4-12-3-7-5-14(2-1-11)6-13-7/h5-6,8,12H,1-4,11H2. The van der Waals surface area contributed by atoms with E-state index in [1.54, 1.807) is 12.5 Å².